The van der Waals surface area contributed by atoms with Gasteiger partial charge in [0.2, 0.25) is 0 Å². The fourth-order valence-corrected chi connectivity index (χ4v) is 4.18. The second-order valence-electron chi connectivity index (χ2n) is 6.85. The van der Waals surface area contributed by atoms with Crippen LogP contribution in [0.2, 0.25) is 0 Å². The van der Waals surface area contributed by atoms with Crippen LogP contribution in [0.1, 0.15) is 49.5 Å². The van der Waals surface area contributed by atoms with Crippen molar-refractivity contribution in [3.8, 4) is 0 Å². The van der Waals surface area contributed by atoms with E-state index in [-0.39, 0.29) is 24.0 Å². The van der Waals surface area contributed by atoms with Crippen molar-refractivity contribution in [3.63, 3.8) is 0 Å². The monoisotopic (exact) mass is 514 g/mol. The van der Waals surface area contributed by atoms with Crippen LogP contribution in [0.5, 0.6) is 0 Å². The Morgan fingerprint density at radius 2 is 1.93 bits per heavy atom. The highest BCUT2D eigenvalue weighted by atomic mass is 127. The molecule has 0 saturated heterocycles. The number of halogens is 1. The van der Waals surface area contributed by atoms with Crippen molar-refractivity contribution in [3.05, 3.63) is 41.7 Å². The van der Waals surface area contributed by atoms with Crippen molar-refractivity contribution < 1.29 is 0 Å². The van der Waals surface area contributed by atoms with Gasteiger partial charge in [0.15, 0.2) is 11.1 Å². The van der Waals surface area contributed by atoms with E-state index in [1.165, 1.54) is 31.2 Å². The van der Waals surface area contributed by atoms with Gasteiger partial charge >= 0.3 is 0 Å². The van der Waals surface area contributed by atoms with E-state index in [9.17, 15) is 0 Å². The number of hydrogen-bond donors (Lipinski definition) is 2. The molecule has 1 aliphatic rings. The zero-order valence-electron chi connectivity index (χ0n) is 16.7. The number of nitrogens with one attached hydrogen (secondary N) is 2. The Bertz CT molecular complexity index is 728. The van der Waals surface area contributed by atoms with Crippen LogP contribution in [0, 0.1) is 0 Å². The number of nitrogens with zero attached hydrogens (tertiary/aromatic N) is 4. The van der Waals surface area contributed by atoms with Crippen LogP contribution >= 0.6 is 35.7 Å². The van der Waals surface area contributed by atoms with Crippen LogP contribution < -0.4 is 10.6 Å². The molecule has 1 fully saturated rings. The minimum Gasteiger partial charge on any atom is -0.356 e. The summed E-state index contributed by atoms with van der Waals surface area (Å²) in [6.45, 7) is 1.63. The molecule has 154 valence electrons. The molecule has 0 bridgehead atoms. The van der Waals surface area contributed by atoms with Gasteiger partial charge < -0.3 is 15.2 Å². The molecule has 0 atom stereocenters. The molecule has 28 heavy (non-hydrogen) atoms. The number of benzene rings is 1. The average Bonchev–Trinajstić information content (AvgIpc) is 3.37. The van der Waals surface area contributed by atoms with Gasteiger partial charge in [0.05, 0.1) is 0 Å². The Labute approximate surface area is 189 Å². The van der Waals surface area contributed by atoms with Gasteiger partial charge in [-0.25, -0.2) is 0 Å². The van der Waals surface area contributed by atoms with Gasteiger partial charge in [-0.3, -0.25) is 4.99 Å². The Morgan fingerprint density at radius 3 is 2.61 bits per heavy atom. The number of aliphatic imine (C=N–C) groups is 1. The first-order valence-corrected chi connectivity index (χ1v) is 11.0. The van der Waals surface area contributed by atoms with Gasteiger partial charge in [-0.15, -0.1) is 34.2 Å². The Morgan fingerprint density at radius 1 is 1.18 bits per heavy atom. The number of aryl methyl sites for hydroxylation is 1. The van der Waals surface area contributed by atoms with Crippen molar-refractivity contribution in [1.82, 2.24) is 25.4 Å². The largest absolute Gasteiger partial charge is 0.356 e. The van der Waals surface area contributed by atoms with E-state index in [2.05, 4.69) is 60.9 Å². The van der Waals surface area contributed by atoms with E-state index in [4.69, 9.17) is 0 Å². The molecule has 1 aromatic heterocycles. The number of hydrogen-bond acceptors (Lipinski definition) is 4. The predicted octanol–water partition coefficient (Wildman–Crippen LogP) is 4.03. The maximum Gasteiger partial charge on any atom is 0.191 e. The lowest BCUT2D eigenvalue weighted by molar-refractivity contribution is 0.460. The van der Waals surface area contributed by atoms with Gasteiger partial charge in [-0.1, -0.05) is 54.9 Å². The summed E-state index contributed by atoms with van der Waals surface area (Å²) in [6.07, 6.45) is 9.18. The van der Waals surface area contributed by atoms with Crippen LogP contribution in [-0.4, -0.2) is 40.6 Å². The molecule has 3 rings (SSSR count). The van der Waals surface area contributed by atoms with Crippen LogP contribution in [0.15, 0.2) is 40.5 Å². The van der Waals surface area contributed by atoms with Gasteiger partial charge in [0.25, 0.3) is 0 Å². The van der Waals surface area contributed by atoms with Crippen LogP contribution in [0.4, 0.5) is 0 Å². The molecule has 6 nitrogen and oxygen atoms in total. The standard InChI is InChI=1S/C20H30N6S.HI/c1-21-19(23-15-16-9-4-3-5-10-16)22-14-8-13-18-24-25-20(27-2)26(18)17-11-6-7-12-17;/h3-5,9-10,17H,6-8,11-15H2,1-2H3,(H2,21,22,23);1H. The summed E-state index contributed by atoms with van der Waals surface area (Å²) in [5.41, 5.74) is 1.25. The molecule has 0 spiro atoms. The molecule has 0 unspecified atom stereocenters. The lowest BCUT2D eigenvalue weighted by Gasteiger charge is -2.16. The van der Waals surface area contributed by atoms with E-state index in [0.29, 0.717) is 6.04 Å². The molecule has 0 aliphatic heterocycles. The minimum absolute atomic E-state index is 0. The third-order valence-corrected chi connectivity index (χ3v) is 5.65. The first kappa shape index (κ1) is 23.0. The van der Waals surface area contributed by atoms with Crippen LogP contribution in [0.25, 0.3) is 0 Å². The summed E-state index contributed by atoms with van der Waals surface area (Å²) in [7, 11) is 1.81. The summed E-state index contributed by atoms with van der Waals surface area (Å²) in [6, 6.07) is 10.9. The van der Waals surface area contributed by atoms with E-state index in [1.54, 1.807) is 11.8 Å². The molecule has 1 saturated carbocycles. The third-order valence-electron chi connectivity index (χ3n) is 5.00. The van der Waals surface area contributed by atoms with Gasteiger partial charge in [0, 0.05) is 32.6 Å². The first-order valence-electron chi connectivity index (χ1n) is 9.78. The summed E-state index contributed by atoms with van der Waals surface area (Å²) in [4.78, 5) is 4.30. The zero-order valence-corrected chi connectivity index (χ0v) is 19.9. The molecule has 1 aromatic carbocycles. The first-order chi connectivity index (χ1) is 13.3. The Balaban J connectivity index is 0.00000280. The summed E-state index contributed by atoms with van der Waals surface area (Å²) in [5.74, 6) is 1.96. The molecule has 1 heterocycles. The second-order valence-corrected chi connectivity index (χ2v) is 7.63. The van der Waals surface area contributed by atoms with E-state index in [1.807, 2.05) is 13.1 Å². The van der Waals surface area contributed by atoms with Crippen molar-refractivity contribution >= 4 is 41.7 Å². The number of aromatic nitrogens is 3. The lowest BCUT2D eigenvalue weighted by Crippen LogP contribution is -2.37. The van der Waals surface area contributed by atoms with E-state index >= 15 is 0 Å². The Kier molecular flexibility index (Phi) is 10.1. The van der Waals surface area contributed by atoms with Crippen molar-refractivity contribution in [2.24, 2.45) is 4.99 Å². The molecular weight excluding hydrogens is 483 g/mol. The van der Waals surface area contributed by atoms with E-state index < -0.39 is 0 Å². The second kappa shape index (κ2) is 12.3. The number of rotatable bonds is 8. The fraction of sp³-hybridized carbons (Fsp3) is 0.550. The quantitative estimate of drug-likeness (QED) is 0.183. The predicted molar refractivity (Wildman–Crippen MR) is 128 cm³/mol. The minimum atomic E-state index is 0. The molecule has 1 aliphatic carbocycles. The lowest BCUT2D eigenvalue weighted by atomic mass is 10.2. The fourth-order valence-electron chi connectivity index (χ4n) is 3.60. The molecule has 0 radical (unpaired) electrons. The average molecular weight is 514 g/mol. The van der Waals surface area contributed by atoms with Gasteiger partial charge in [-0.2, -0.15) is 0 Å². The van der Waals surface area contributed by atoms with Crippen LogP contribution in [0.3, 0.4) is 0 Å². The zero-order chi connectivity index (χ0) is 18.9. The highest BCUT2D eigenvalue weighted by Gasteiger charge is 2.23. The van der Waals surface area contributed by atoms with Gasteiger partial charge in [-0.05, 0) is 31.1 Å². The Hall–Kier alpha value is -1.29. The summed E-state index contributed by atoms with van der Waals surface area (Å²) in [5, 5.41) is 16.7. The maximum atomic E-state index is 4.46. The highest BCUT2D eigenvalue weighted by molar-refractivity contribution is 14.0. The van der Waals surface area contributed by atoms with Crippen molar-refractivity contribution in [1.29, 1.82) is 0 Å². The number of guanidine groups is 1. The topological polar surface area (TPSA) is 67.1 Å². The number of thioether (sulfide) groups is 1. The smallest absolute Gasteiger partial charge is 0.191 e. The maximum absolute atomic E-state index is 4.46. The SMILES string of the molecule is CN=C(NCCCc1nnc(SC)n1C1CCCC1)NCc1ccccc1.I. The molecular formula is C20H31IN6S. The third kappa shape index (κ3) is 6.37. The highest BCUT2D eigenvalue weighted by Crippen LogP contribution is 2.33. The van der Waals surface area contributed by atoms with Crippen molar-refractivity contribution in [2.75, 3.05) is 19.8 Å². The normalized spacial score (nSPS) is 14.7. The van der Waals surface area contributed by atoms with Crippen molar-refractivity contribution in [2.45, 2.75) is 56.3 Å². The van der Waals surface area contributed by atoms with Gasteiger partial charge in [0.1, 0.15) is 5.82 Å². The summed E-state index contributed by atoms with van der Waals surface area (Å²) >= 11 is 1.70. The molecule has 2 aromatic rings. The molecule has 2 N–H and O–H groups in total. The van der Waals surface area contributed by atoms with E-state index in [0.717, 1.165) is 42.9 Å². The molecule has 8 heteroatoms. The molecule has 0 amide bonds. The van der Waals surface area contributed by atoms with Crippen LogP contribution in [-0.2, 0) is 13.0 Å². The summed E-state index contributed by atoms with van der Waals surface area (Å²) < 4.78 is 2.39.